The van der Waals surface area contributed by atoms with Gasteiger partial charge < -0.3 is 9.47 Å². The van der Waals surface area contributed by atoms with E-state index in [1.54, 1.807) is 0 Å². The summed E-state index contributed by atoms with van der Waals surface area (Å²) < 4.78 is 10.6. The standard InChI is InChI=1S/C28H54O4/c1-3-5-7-9-11-12-13-15-17-22-26-32-28(30)24-20-18-19-23-27(29)31-25-21-16-14-10-8-6-4-2/h3-26H2,1-2H3. The van der Waals surface area contributed by atoms with Crippen LogP contribution < -0.4 is 0 Å². The van der Waals surface area contributed by atoms with Crippen LogP contribution in [0.4, 0.5) is 0 Å². The lowest BCUT2D eigenvalue weighted by Crippen LogP contribution is -2.07. The smallest absolute Gasteiger partial charge is 0.305 e. The van der Waals surface area contributed by atoms with E-state index in [4.69, 9.17) is 9.47 Å². The predicted molar refractivity (Wildman–Crippen MR) is 135 cm³/mol. The van der Waals surface area contributed by atoms with Crippen molar-refractivity contribution in [3.05, 3.63) is 0 Å². The van der Waals surface area contributed by atoms with Crippen molar-refractivity contribution in [1.82, 2.24) is 0 Å². The average molecular weight is 455 g/mol. The van der Waals surface area contributed by atoms with E-state index < -0.39 is 0 Å². The van der Waals surface area contributed by atoms with Crippen LogP contribution in [0.2, 0.25) is 0 Å². The summed E-state index contributed by atoms with van der Waals surface area (Å²) >= 11 is 0. The second-order valence-corrected chi connectivity index (χ2v) is 9.30. The van der Waals surface area contributed by atoms with E-state index in [9.17, 15) is 9.59 Å². The quantitative estimate of drug-likeness (QED) is 0.102. The van der Waals surface area contributed by atoms with Crippen LogP contribution in [0.1, 0.15) is 155 Å². The molecule has 4 nitrogen and oxygen atoms in total. The second-order valence-electron chi connectivity index (χ2n) is 9.30. The monoisotopic (exact) mass is 454 g/mol. The molecule has 190 valence electrons. The van der Waals surface area contributed by atoms with E-state index in [0.29, 0.717) is 26.1 Å². The van der Waals surface area contributed by atoms with Crippen LogP contribution in [0.5, 0.6) is 0 Å². The van der Waals surface area contributed by atoms with Gasteiger partial charge in [0.25, 0.3) is 0 Å². The summed E-state index contributed by atoms with van der Waals surface area (Å²) in [6.45, 7) is 5.59. The number of esters is 2. The van der Waals surface area contributed by atoms with Crippen LogP contribution in [-0.2, 0) is 19.1 Å². The highest BCUT2D eigenvalue weighted by Gasteiger charge is 2.05. The number of hydrogen-bond donors (Lipinski definition) is 0. The van der Waals surface area contributed by atoms with Gasteiger partial charge in [-0.3, -0.25) is 9.59 Å². The molecule has 0 fully saturated rings. The van der Waals surface area contributed by atoms with Gasteiger partial charge in [-0.2, -0.15) is 0 Å². The molecular weight excluding hydrogens is 400 g/mol. The molecule has 0 atom stereocenters. The van der Waals surface area contributed by atoms with Gasteiger partial charge >= 0.3 is 11.9 Å². The Balaban J connectivity index is 3.28. The van der Waals surface area contributed by atoms with Crippen LogP contribution in [0, 0.1) is 0 Å². The summed E-state index contributed by atoms with van der Waals surface area (Å²) in [5.41, 5.74) is 0. The Hall–Kier alpha value is -1.06. The lowest BCUT2D eigenvalue weighted by Gasteiger charge is -2.06. The number of carbonyl (C=O) groups is 2. The summed E-state index contributed by atoms with van der Waals surface area (Å²) in [5, 5.41) is 0. The van der Waals surface area contributed by atoms with Crippen LogP contribution in [0.3, 0.4) is 0 Å². The molecule has 0 saturated heterocycles. The van der Waals surface area contributed by atoms with E-state index in [2.05, 4.69) is 13.8 Å². The van der Waals surface area contributed by atoms with Crippen molar-refractivity contribution in [2.75, 3.05) is 13.2 Å². The molecule has 0 rings (SSSR count). The van der Waals surface area contributed by atoms with Crippen molar-refractivity contribution in [3.63, 3.8) is 0 Å². The van der Waals surface area contributed by atoms with E-state index in [0.717, 1.165) is 44.9 Å². The number of unbranched alkanes of at least 4 members (excludes halogenated alkanes) is 17. The Kier molecular flexibility index (Phi) is 25.3. The molecule has 32 heavy (non-hydrogen) atoms. The zero-order valence-electron chi connectivity index (χ0n) is 21.6. The summed E-state index contributed by atoms with van der Waals surface area (Å²) in [4.78, 5) is 23.5. The fourth-order valence-electron chi connectivity index (χ4n) is 3.88. The Morgan fingerprint density at radius 1 is 0.406 bits per heavy atom. The molecule has 0 aliphatic heterocycles. The topological polar surface area (TPSA) is 52.6 Å². The van der Waals surface area contributed by atoms with Crippen LogP contribution >= 0.6 is 0 Å². The molecule has 0 bridgehead atoms. The molecule has 0 aliphatic carbocycles. The van der Waals surface area contributed by atoms with Crippen molar-refractivity contribution in [2.24, 2.45) is 0 Å². The van der Waals surface area contributed by atoms with Gasteiger partial charge in [-0.1, -0.05) is 117 Å². The van der Waals surface area contributed by atoms with Gasteiger partial charge in [0.1, 0.15) is 0 Å². The number of ether oxygens (including phenoxy) is 2. The molecule has 0 spiro atoms. The molecule has 0 heterocycles. The summed E-state index contributed by atoms with van der Waals surface area (Å²) in [7, 11) is 0. The maximum Gasteiger partial charge on any atom is 0.305 e. The Morgan fingerprint density at radius 2 is 0.688 bits per heavy atom. The summed E-state index contributed by atoms with van der Waals surface area (Å²) in [6.07, 6.45) is 24.8. The first-order valence-electron chi connectivity index (χ1n) is 14.0. The van der Waals surface area contributed by atoms with Crippen molar-refractivity contribution < 1.29 is 19.1 Å². The van der Waals surface area contributed by atoms with Gasteiger partial charge in [-0.25, -0.2) is 0 Å². The number of carbonyl (C=O) groups excluding carboxylic acids is 2. The first-order chi connectivity index (χ1) is 15.7. The Labute approximate surface area is 199 Å². The summed E-state index contributed by atoms with van der Waals surface area (Å²) in [6, 6.07) is 0. The fraction of sp³-hybridized carbons (Fsp3) is 0.929. The van der Waals surface area contributed by atoms with Crippen LogP contribution in [0.15, 0.2) is 0 Å². The van der Waals surface area contributed by atoms with Crippen molar-refractivity contribution >= 4 is 11.9 Å². The largest absolute Gasteiger partial charge is 0.466 e. The maximum atomic E-state index is 11.8. The van der Waals surface area contributed by atoms with Crippen molar-refractivity contribution in [3.8, 4) is 0 Å². The lowest BCUT2D eigenvalue weighted by molar-refractivity contribution is -0.144. The lowest BCUT2D eigenvalue weighted by atomic mass is 10.1. The number of hydrogen-bond acceptors (Lipinski definition) is 4. The molecule has 0 radical (unpaired) electrons. The van der Waals surface area contributed by atoms with Gasteiger partial charge in [-0.05, 0) is 25.7 Å². The zero-order chi connectivity index (χ0) is 23.5. The first-order valence-corrected chi connectivity index (χ1v) is 14.0. The van der Waals surface area contributed by atoms with Gasteiger partial charge in [-0.15, -0.1) is 0 Å². The minimum absolute atomic E-state index is 0.0950. The second kappa shape index (κ2) is 26.2. The van der Waals surface area contributed by atoms with Crippen LogP contribution in [0.25, 0.3) is 0 Å². The van der Waals surface area contributed by atoms with Gasteiger partial charge in [0.2, 0.25) is 0 Å². The molecule has 0 aromatic carbocycles. The normalized spacial score (nSPS) is 10.9. The zero-order valence-corrected chi connectivity index (χ0v) is 21.6. The van der Waals surface area contributed by atoms with E-state index in [1.807, 2.05) is 0 Å². The molecule has 0 saturated carbocycles. The number of rotatable bonds is 25. The molecule has 4 heteroatoms. The molecule has 0 aliphatic rings. The maximum absolute atomic E-state index is 11.8. The van der Waals surface area contributed by atoms with Gasteiger partial charge in [0.05, 0.1) is 13.2 Å². The molecule has 0 aromatic rings. The third-order valence-corrected chi connectivity index (χ3v) is 6.03. The molecule has 0 unspecified atom stereocenters. The molecule has 0 amide bonds. The van der Waals surface area contributed by atoms with E-state index in [1.165, 1.54) is 83.5 Å². The predicted octanol–water partition coefficient (Wildman–Crippen LogP) is 8.69. The molecule has 0 N–H and O–H groups in total. The third-order valence-electron chi connectivity index (χ3n) is 6.03. The first kappa shape index (κ1) is 30.9. The van der Waals surface area contributed by atoms with Crippen molar-refractivity contribution in [1.29, 1.82) is 0 Å². The minimum atomic E-state index is -0.0977. The van der Waals surface area contributed by atoms with Crippen LogP contribution in [-0.4, -0.2) is 25.2 Å². The highest BCUT2D eigenvalue weighted by Crippen LogP contribution is 2.11. The molecular formula is C28H54O4. The Morgan fingerprint density at radius 3 is 1.03 bits per heavy atom. The van der Waals surface area contributed by atoms with Gasteiger partial charge in [0, 0.05) is 12.8 Å². The SMILES string of the molecule is CCCCCCCCCCCCOC(=O)CCCCCC(=O)OCCCCCCCCC. The molecule has 0 aromatic heterocycles. The minimum Gasteiger partial charge on any atom is -0.466 e. The highest BCUT2D eigenvalue weighted by molar-refractivity contribution is 5.69. The summed E-state index contributed by atoms with van der Waals surface area (Å²) in [5.74, 6) is -0.193. The third kappa shape index (κ3) is 25.2. The van der Waals surface area contributed by atoms with E-state index >= 15 is 0 Å². The highest BCUT2D eigenvalue weighted by atomic mass is 16.5. The Bertz CT molecular complexity index is 408. The van der Waals surface area contributed by atoms with Gasteiger partial charge in [0.15, 0.2) is 0 Å². The van der Waals surface area contributed by atoms with E-state index in [-0.39, 0.29) is 11.9 Å². The van der Waals surface area contributed by atoms with Crippen molar-refractivity contribution in [2.45, 2.75) is 155 Å². The fourth-order valence-corrected chi connectivity index (χ4v) is 3.88. The average Bonchev–Trinajstić information content (AvgIpc) is 2.79.